The Kier molecular flexibility index (Phi) is 2.70. The van der Waals surface area contributed by atoms with E-state index in [1.807, 2.05) is 49.4 Å². The maximum atomic E-state index is 9.39. The third-order valence-corrected chi connectivity index (χ3v) is 3.92. The molecule has 2 aromatic heterocycles. The van der Waals surface area contributed by atoms with Crippen molar-refractivity contribution in [2.75, 3.05) is 0 Å². The Morgan fingerprint density at radius 2 is 1.91 bits per heavy atom. The van der Waals surface area contributed by atoms with E-state index in [2.05, 4.69) is 17.1 Å². The molecule has 0 aliphatic carbocycles. The highest BCUT2D eigenvalue weighted by molar-refractivity contribution is 6.13. The van der Waals surface area contributed by atoms with Gasteiger partial charge in [-0.05, 0) is 42.8 Å². The first-order chi connectivity index (χ1) is 10.8. The normalized spacial score (nSPS) is 10.9. The number of nitrogens with zero attached hydrogens (tertiary/aromatic N) is 2. The maximum absolute atomic E-state index is 9.39. The van der Waals surface area contributed by atoms with Gasteiger partial charge in [0.25, 0.3) is 0 Å². The van der Waals surface area contributed by atoms with E-state index < -0.39 is 0 Å². The van der Waals surface area contributed by atoms with Crippen LogP contribution >= 0.6 is 0 Å². The maximum Gasteiger partial charge on any atom is 0.145 e. The van der Waals surface area contributed by atoms with E-state index in [9.17, 15) is 5.26 Å². The fraction of sp³-hybridized carbons (Fsp3) is 0.0526. The lowest BCUT2D eigenvalue weighted by Crippen LogP contribution is -1.85. The minimum atomic E-state index is 0.637. The monoisotopic (exact) mass is 284 g/mol. The molecule has 2 heterocycles. The van der Waals surface area contributed by atoms with Crippen LogP contribution in [0, 0.1) is 18.3 Å². The van der Waals surface area contributed by atoms with E-state index in [4.69, 9.17) is 4.42 Å². The molecular weight excluding hydrogens is 272 g/mol. The molecule has 0 saturated heterocycles. The van der Waals surface area contributed by atoms with E-state index >= 15 is 0 Å². The lowest BCUT2D eigenvalue weighted by atomic mass is 10.00. The van der Waals surface area contributed by atoms with Gasteiger partial charge in [0, 0.05) is 22.5 Å². The highest BCUT2D eigenvalue weighted by atomic mass is 16.3. The average Bonchev–Trinajstić information content (AvgIpc) is 2.96. The Balaban J connectivity index is 2.20. The summed E-state index contributed by atoms with van der Waals surface area (Å²) in [5, 5.41) is 11.3. The van der Waals surface area contributed by atoms with Crippen LogP contribution in [-0.4, -0.2) is 4.98 Å². The van der Waals surface area contributed by atoms with Gasteiger partial charge in [0.2, 0.25) is 0 Å². The summed E-state index contributed by atoms with van der Waals surface area (Å²) < 4.78 is 6.07. The molecule has 4 aromatic rings. The van der Waals surface area contributed by atoms with Gasteiger partial charge < -0.3 is 4.42 Å². The number of pyridine rings is 1. The van der Waals surface area contributed by atoms with Crippen molar-refractivity contribution in [1.82, 2.24) is 4.98 Å². The molecule has 0 aliphatic heterocycles. The Bertz CT molecular complexity index is 1040. The first kappa shape index (κ1) is 12.6. The average molecular weight is 284 g/mol. The van der Waals surface area contributed by atoms with Crippen LogP contribution in [0.15, 0.2) is 59.1 Å². The van der Waals surface area contributed by atoms with E-state index in [1.165, 1.54) is 0 Å². The second kappa shape index (κ2) is 4.71. The Morgan fingerprint density at radius 3 is 2.68 bits per heavy atom. The first-order valence-electron chi connectivity index (χ1n) is 7.06. The molecule has 0 fully saturated rings. The van der Waals surface area contributed by atoms with Crippen LogP contribution in [0.2, 0.25) is 0 Å². The molecule has 0 amide bonds. The van der Waals surface area contributed by atoms with Crippen molar-refractivity contribution < 1.29 is 4.42 Å². The molecule has 2 aromatic carbocycles. The molecule has 0 N–H and O–H groups in total. The largest absolute Gasteiger partial charge is 0.455 e. The summed E-state index contributed by atoms with van der Waals surface area (Å²) in [7, 11) is 0. The molecule has 4 rings (SSSR count). The van der Waals surface area contributed by atoms with Gasteiger partial charge >= 0.3 is 0 Å². The van der Waals surface area contributed by atoms with Gasteiger partial charge in [-0.1, -0.05) is 18.2 Å². The number of aromatic nitrogens is 1. The van der Waals surface area contributed by atoms with Gasteiger partial charge in [0.15, 0.2) is 0 Å². The van der Waals surface area contributed by atoms with Crippen LogP contribution < -0.4 is 0 Å². The van der Waals surface area contributed by atoms with Crippen LogP contribution in [-0.2, 0) is 0 Å². The highest BCUT2D eigenvalue weighted by Crippen LogP contribution is 2.38. The smallest absolute Gasteiger partial charge is 0.145 e. The van der Waals surface area contributed by atoms with Gasteiger partial charge in [0.1, 0.15) is 11.2 Å². The van der Waals surface area contributed by atoms with E-state index in [-0.39, 0.29) is 0 Å². The number of hydrogen-bond acceptors (Lipinski definition) is 3. The number of furan rings is 1. The number of fused-ring (bicyclic) bond motifs is 3. The number of hydrogen-bond donors (Lipinski definition) is 0. The molecule has 104 valence electrons. The summed E-state index contributed by atoms with van der Waals surface area (Å²) in [4.78, 5) is 4.42. The number of aryl methyl sites for hydroxylation is 1. The molecule has 0 radical (unpaired) electrons. The van der Waals surface area contributed by atoms with Gasteiger partial charge in [-0.3, -0.25) is 4.98 Å². The zero-order chi connectivity index (χ0) is 15.1. The minimum Gasteiger partial charge on any atom is -0.455 e. The Labute approximate surface area is 127 Å². The van der Waals surface area contributed by atoms with Crippen LogP contribution in [0.3, 0.4) is 0 Å². The molecule has 0 unspecified atom stereocenters. The van der Waals surface area contributed by atoms with Crippen molar-refractivity contribution in [2.45, 2.75) is 6.92 Å². The molecule has 0 atom stereocenters. The zero-order valence-corrected chi connectivity index (χ0v) is 12.0. The van der Waals surface area contributed by atoms with E-state index in [0.717, 1.165) is 38.8 Å². The van der Waals surface area contributed by atoms with Gasteiger partial charge in [-0.15, -0.1) is 0 Å². The molecule has 0 saturated carbocycles. The summed E-state index contributed by atoms with van der Waals surface area (Å²) in [5.74, 6) is 0. The second-order valence-electron chi connectivity index (χ2n) is 5.24. The number of rotatable bonds is 1. The van der Waals surface area contributed by atoms with Crippen molar-refractivity contribution >= 4 is 21.9 Å². The van der Waals surface area contributed by atoms with E-state index in [0.29, 0.717) is 5.56 Å². The Morgan fingerprint density at radius 1 is 1.00 bits per heavy atom. The number of nitriles is 1. The molecule has 22 heavy (non-hydrogen) atoms. The lowest BCUT2D eigenvalue weighted by molar-refractivity contribution is 0.669. The third kappa shape index (κ3) is 1.71. The summed E-state index contributed by atoms with van der Waals surface area (Å²) >= 11 is 0. The van der Waals surface area contributed by atoms with Crippen molar-refractivity contribution in [3.63, 3.8) is 0 Å². The molecule has 0 aliphatic rings. The third-order valence-electron chi connectivity index (χ3n) is 3.92. The van der Waals surface area contributed by atoms with E-state index in [1.54, 1.807) is 6.20 Å². The van der Waals surface area contributed by atoms with Crippen LogP contribution in [0.1, 0.15) is 11.1 Å². The predicted octanol–water partition coefficient (Wildman–Crippen LogP) is 4.83. The fourth-order valence-electron chi connectivity index (χ4n) is 2.90. The standard InChI is InChI=1S/C19H12N2O/c1-12-8-9-14(15-6-2-3-10-21-15)19-17(12)18-13(11-20)5-4-7-16(18)22-19/h2-10H,1H3. The van der Waals surface area contributed by atoms with Crippen molar-refractivity contribution in [3.8, 4) is 17.3 Å². The summed E-state index contributed by atoms with van der Waals surface area (Å²) in [5.41, 5.74) is 5.07. The van der Waals surface area contributed by atoms with Gasteiger partial charge in [0.05, 0.1) is 17.3 Å². The number of benzene rings is 2. The zero-order valence-electron chi connectivity index (χ0n) is 12.0. The van der Waals surface area contributed by atoms with Crippen molar-refractivity contribution in [2.24, 2.45) is 0 Å². The van der Waals surface area contributed by atoms with Gasteiger partial charge in [-0.2, -0.15) is 5.26 Å². The molecule has 3 nitrogen and oxygen atoms in total. The Hall–Kier alpha value is -3.12. The molecule has 0 bridgehead atoms. The molecule has 3 heteroatoms. The summed E-state index contributed by atoms with van der Waals surface area (Å²) in [6, 6.07) is 17.7. The van der Waals surface area contributed by atoms with Gasteiger partial charge in [-0.25, -0.2) is 0 Å². The lowest BCUT2D eigenvalue weighted by Gasteiger charge is -2.03. The topological polar surface area (TPSA) is 49.8 Å². The highest BCUT2D eigenvalue weighted by Gasteiger charge is 2.17. The minimum absolute atomic E-state index is 0.637. The van der Waals surface area contributed by atoms with Crippen molar-refractivity contribution in [3.05, 3.63) is 65.9 Å². The second-order valence-corrected chi connectivity index (χ2v) is 5.24. The van der Waals surface area contributed by atoms with Crippen molar-refractivity contribution in [1.29, 1.82) is 5.26 Å². The first-order valence-corrected chi connectivity index (χ1v) is 7.06. The fourth-order valence-corrected chi connectivity index (χ4v) is 2.90. The molecular formula is C19H12N2O. The summed E-state index contributed by atoms with van der Waals surface area (Å²) in [6.07, 6.45) is 1.77. The van der Waals surface area contributed by atoms with Crippen LogP contribution in [0.4, 0.5) is 0 Å². The predicted molar refractivity (Wildman–Crippen MR) is 86.4 cm³/mol. The molecule has 0 spiro atoms. The summed E-state index contributed by atoms with van der Waals surface area (Å²) in [6.45, 7) is 2.04. The van der Waals surface area contributed by atoms with Crippen LogP contribution in [0.5, 0.6) is 0 Å². The SMILES string of the molecule is Cc1ccc(-c2ccccn2)c2oc3cccc(C#N)c3c12. The van der Waals surface area contributed by atoms with Crippen LogP contribution in [0.25, 0.3) is 33.2 Å². The quantitative estimate of drug-likeness (QED) is 0.503.